The van der Waals surface area contributed by atoms with Crippen LogP contribution in [-0.4, -0.2) is 75.2 Å². The van der Waals surface area contributed by atoms with E-state index in [-0.39, 0.29) is 22.3 Å². The Labute approximate surface area is 201 Å². The first-order valence-electron chi connectivity index (χ1n) is 10.0. The predicted octanol–water partition coefficient (Wildman–Crippen LogP) is -0.382. The van der Waals surface area contributed by atoms with Crippen LogP contribution in [-0.2, 0) is 19.9 Å². The summed E-state index contributed by atoms with van der Waals surface area (Å²) in [6, 6.07) is 9.04. The SMILES string of the molecule is O=C(O)[C@@H]1O[C@H](Oc2cc(-c3oc4ccccc4c(=O)c3O)ccc2OS(=O)(=O)O)[C@@H](O)[C@H](O)[C@H]1O. The van der Waals surface area contributed by atoms with Gasteiger partial charge in [0.2, 0.25) is 17.5 Å². The van der Waals surface area contributed by atoms with Crippen molar-refractivity contribution in [2.24, 2.45) is 0 Å². The molecule has 4 rings (SSSR count). The normalized spacial score (nSPS) is 24.4. The molecule has 0 unspecified atom stereocenters. The highest BCUT2D eigenvalue weighted by Crippen LogP contribution is 2.38. The Balaban J connectivity index is 1.81. The van der Waals surface area contributed by atoms with Gasteiger partial charge in [0.05, 0.1) is 5.39 Å². The van der Waals surface area contributed by atoms with Crippen LogP contribution in [0, 0.1) is 0 Å². The minimum atomic E-state index is -5.11. The number of fused-ring (bicyclic) bond motifs is 1. The van der Waals surface area contributed by atoms with Crippen molar-refractivity contribution in [2.75, 3.05) is 0 Å². The van der Waals surface area contributed by atoms with Gasteiger partial charge in [-0.2, -0.15) is 8.42 Å². The zero-order chi connectivity index (χ0) is 26.4. The van der Waals surface area contributed by atoms with E-state index < -0.39 is 69.8 Å². The Morgan fingerprint density at radius 1 is 0.972 bits per heavy atom. The van der Waals surface area contributed by atoms with Gasteiger partial charge < -0.3 is 43.6 Å². The summed E-state index contributed by atoms with van der Waals surface area (Å²) in [6.07, 6.45) is -10.1. The predicted molar refractivity (Wildman–Crippen MR) is 117 cm³/mol. The molecule has 192 valence electrons. The molecule has 0 radical (unpaired) electrons. The van der Waals surface area contributed by atoms with Gasteiger partial charge in [-0.1, -0.05) is 12.1 Å². The molecule has 1 aliphatic rings. The van der Waals surface area contributed by atoms with Gasteiger partial charge in [-0.05, 0) is 30.3 Å². The van der Waals surface area contributed by atoms with Crippen LogP contribution in [0.5, 0.6) is 17.2 Å². The maximum atomic E-state index is 12.6. The maximum Gasteiger partial charge on any atom is 0.446 e. The van der Waals surface area contributed by atoms with Crippen LogP contribution < -0.4 is 14.3 Å². The molecule has 0 saturated carbocycles. The van der Waals surface area contributed by atoms with E-state index in [9.17, 15) is 43.5 Å². The summed E-state index contributed by atoms with van der Waals surface area (Å²) >= 11 is 0. The quantitative estimate of drug-likeness (QED) is 0.225. The average Bonchev–Trinajstić information content (AvgIpc) is 2.81. The van der Waals surface area contributed by atoms with Gasteiger partial charge in [-0.3, -0.25) is 9.35 Å². The van der Waals surface area contributed by atoms with Crippen molar-refractivity contribution >= 4 is 27.3 Å². The number of aliphatic hydroxyl groups excluding tert-OH is 3. The molecule has 36 heavy (non-hydrogen) atoms. The van der Waals surface area contributed by atoms with Crippen molar-refractivity contribution in [1.82, 2.24) is 0 Å². The largest absolute Gasteiger partial charge is 0.502 e. The zero-order valence-electron chi connectivity index (χ0n) is 17.8. The summed E-state index contributed by atoms with van der Waals surface area (Å²) in [6.45, 7) is 0. The fourth-order valence-electron chi connectivity index (χ4n) is 3.53. The summed E-state index contributed by atoms with van der Waals surface area (Å²) in [5.74, 6) is -4.18. The minimum Gasteiger partial charge on any atom is -0.502 e. The van der Waals surface area contributed by atoms with Gasteiger partial charge >= 0.3 is 16.4 Å². The molecular weight excluding hydrogens is 508 g/mol. The molecule has 0 amide bonds. The van der Waals surface area contributed by atoms with Crippen LogP contribution in [0.25, 0.3) is 22.3 Å². The van der Waals surface area contributed by atoms with E-state index in [1.165, 1.54) is 12.1 Å². The first-order valence-corrected chi connectivity index (χ1v) is 11.4. The summed E-state index contributed by atoms with van der Waals surface area (Å²) in [5.41, 5.74) is -0.753. The smallest absolute Gasteiger partial charge is 0.446 e. The third-order valence-corrected chi connectivity index (χ3v) is 5.62. The molecule has 2 aromatic carbocycles. The van der Waals surface area contributed by atoms with Gasteiger partial charge in [-0.15, -0.1) is 0 Å². The fraction of sp³-hybridized carbons (Fsp3) is 0.238. The number of aliphatic hydroxyl groups is 3. The summed E-state index contributed by atoms with van der Waals surface area (Å²) in [4.78, 5) is 23.9. The topological polar surface area (TPSA) is 230 Å². The number of benzene rings is 2. The zero-order valence-corrected chi connectivity index (χ0v) is 18.6. The molecule has 5 atom stereocenters. The Bertz CT molecular complexity index is 1480. The third kappa shape index (κ3) is 4.83. The highest BCUT2D eigenvalue weighted by atomic mass is 32.3. The highest BCUT2D eigenvalue weighted by Gasteiger charge is 2.48. The third-order valence-electron chi connectivity index (χ3n) is 5.23. The number of carboxylic acids is 1. The molecule has 1 fully saturated rings. The lowest BCUT2D eigenvalue weighted by Gasteiger charge is -2.38. The molecule has 0 spiro atoms. The van der Waals surface area contributed by atoms with E-state index in [2.05, 4.69) is 4.18 Å². The number of carboxylic acid groups (broad SMARTS) is 1. The number of hydrogen-bond donors (Lipinski definition) is 6. The van der Waals surface area contributed by atoms with Crippen LogP contribution >= 0.6 is 0 Å². The van der Waals surface area contributed by atoms with E-state index in [4.69, 9.17) is 18.4 Å². The van der Waals surface area contributed by atoms with E-state index >= 15 is 0 Å². The van der Waals surface area contributed by atoms with Gasteiger partial charge in [0.1, 0.15) is 23.9 Å². The van der Waals surface area contributed by atoms with Gasteiger partial charge in [0.15, 0.2) is 23.4 Å². The Kier molecular flexibility index (Phi) is 6.61. The molecule has 1 aromatic heterocycles. The van der Waals surface area contributed by atoms with Crippen molar-refractivity contribution in [1.29, 1.82) is 0 Å². The fourth-order valence-corrected chi connectivity index (χ4v) is 3.89. The van der Waals surface area contributed by atoms with Crippen LogP contribution in [0.1, 0.15) is 0 Å². The Hall–Kier alpha value is -3.73. The van der Waals surface area contributed by atoms with Crippen molar-refractivity contribution in [2.45, 2.75) is 30.7 Å². The van der Waals surface area contributed by atoms with Crippen molar-refractivity contribution in [3.8, 4) is 28.6 Å². The molecule has 1 aliphatic heterocycles. The highest BCUT2D eigenvalue weighted by molar-refractivity contribution is 7.81. The van der Waals surface area contributed by atoms with Crippen molar-refractivity contribution < 1.29 is 61.4 Å². The standard InChI is InChI=1S/C21H18O14S/c22-13-9-3-1-2-4-10(9)32-18(15(13)24)8-5-6-11(35-36(29,30)31)12(7-8)33-21-17(26)14(23)16(25)19(34-21)20(27)28/h1-7,14,16-17,19,21,23-26H,(H,27,28)(H,29,30,31)/t14-,16-,17+,19-,21+/m1/s1. The number of rotatable bonds is 6. The van der Waals surface area contributed by atoms with Gasteiger partial charge in [-0.25, -0.2) is 4.79 Å². The lowest BCUT2D eigenvalue weighted by Crippen LogP contribution is -2.61. The molecular formula is C21H18O14S. The molecule has 0 bridgehead atoms. The molecule has 1 saturated heterocycles. The van der Waals surface area contributed by atoms with E-state index in [0.717, 1.165) is 18.2 Å². The Morgan fingerprint density at radius 3 is 2.33 bits per heavy atom. The van der Waals surface area contributed by atoms with Gasteiger partial charge in [0, 0.05) is 5.56 Å². The summed E-state index contributed by atoms with van der Waals surface area (Å²) < 4.78 is 52.1. The number of para-hydroxylation sites is 1. The Morgan fingerprint density at radius 2 is 1.67 bits per heavy atom. The first kappa shape index (κ1) is 25.4. The molecule has 14 nitrogen and oxygen atoms in total. The maximum absolute atomic E-state index is 12.6. The molecule has 3 aromatic rings. The average molecular weight is 526 g/mol. The first-order chi connectivity index (χ1) is 16.9. The number of carbonyl (C=O) groups is 1. The number of hydrogen-bond acceptors (Lipinski definition) is 12. The second kappa shape index (κ2) is 9.38. The van der Waals surface area contributed by atoms with Crippen LogP contribution in [0.4, 0.5) is 0 Å². The molecule has 0 aliphatic carbocycles. The van der Waals surface area contributed by atoms with E-state index in [1.54, 1.807) is 12.1 Å². The van der Waals surface area contributed by atoms with Crippen LogP contribution in [0.3, 0.4) is 0 Å². The summed E-state index contributed by atoms with van der Waals surface area (Å²) in [7, 11) is -5.11. The minimum absolute atomic E-state index is 0.0753. The van der Waals surface area contributed by atoms with Crippen LogP contribution in [0.15, 0.2) is 51.7 Å². The van der Waals surface area contributed by atoms with Gasteiger partial charge in [0.25, 0.3) is 0 Å². The molecule has 15 heteroatoms. The lowest BCUT2D eigenvalue weighted by molar-refractivity contribution is -0.271. The number of aromatic hydroxyl groups is 1. The second-order valence-electron chi connectivity index (χ2n) is 7.63. The number of aliphatic carboxylic acids is 1. The lowest BCUT2D eigenvalue weighted by atomic mass is 9.99. The molecule has 6 N–H and O–H groups in total. The van der Waals surface area contributed by atoms with E-state index in [0.29, 0.717) is 0 Å². The monoisotopic (exact) mass is 526 g/mol. The second-order valence-corrected chi connectivity index (χ2v) is 8.65. The summed E-state index contributed by atoms with van der Waals surface area (Å²) in [5, 5.41) is 49.7. The molecule has 2 heterocycles. The van der Waals surface area contributed by atoms with Crippen molar-refractivity contribution in [3.63, 3.8) is 0 Å². The van der Waals surface area contributed by atoms with Crippen molar-refractivity contribution in [3.05, 3.63) is 52.7 Å². The van der Waals surface area contributed by atoms with E-state index in [1.807, 2.05) is 0 Å². The number of ether oxygens (including phenoxy) is 2. The van der Waals surface area contributed by atoms with Crippen LogP contribution in [0.2, 0.25) is 0 Å².